The zero-order valence-electron chi connectivity index (χ0n) is 16.3. The molecule has 0 heterocycles. The van der Waals surface area contributed by atoms with Crippen LogP contribution in [0, 0.1) is 5.92 Å². The summed E-state index contributed by atoms with van der Waals surface area (Å²) < 4.78 is 10.5. The van der Waals surface area contributed by atoms with Gasteiger partial charge in [0.15, 0.2) is 5.12 Å². The van der Waals surface area contributed by atoms with Gasteiger partial charge in [0.05, 0.1) is 19.8 Å². The fourth-order valence-corrected chi connectivity index (χ4v) is 4.03. The first-order chi connectivity index (χ1) is 12.9. The Hall–Kier alpha value is -2.02. The molecule has 0 aromatic heterocycles. The van der Waals surface area contributed by atoms with Gasteiger partial charge in [-0.25, -0.2) is 0 Å². The third-order valence-corrected chi connectivity index (χ3v) is 5.71. The van der Waals surface area contributed by atoms with Crippen molar-refractivity contribution in [2.24, 2.45) is 5.92 Å². The van der Waals surface area contributed by atoms with Gasteiger partial charge in [-0.1, -0.05) is 30.8 Å². The van der Waals surface area contributed by atoms with Crippen molar-refractivity contribution in [3.05, 3.63) is 29.3 Å². The fraction of sp³-hybridized carbons (Fsp3) is 0.550. The van der Waals surface area contributed by atoms with E-state index in [1.165, 1.54) is 6.92 Å². The second-order valence-corrected chi connectivity index (χ2v) is 7.75. The first-order valence-corrected chi connectivity index (χ1v) is 10.1. The molecule has 6 nitrogen and oxygen atoms in total. The molecule has 0 N–H and O–H groups in total. The van der Waals surface area contributed by atoms with Gasteiger partial charge in [0, 0.05) is 18.6 Å². The number of thioether (sulfide) groups is 1. The summed E-state index contributed by atoms with van der Waals surface area (Å²) in [7, 11) is 1.63. The van der Waals surface area contributed by atoms with Crippen LogP contribution in [0.4, 0.5) is 0 Å². The lowest BCUT2D eigenvalue weighted by molar-refractivity contribution is -0.151. The SMILES string of the molecule is CCOC(=O)CN(C(=O)C(C)CSC(C)=O)C1CCc2c(OC)cccc21. The van der Waals surface area contributed by atoms with Gasteiger partial charge in [-0.3, -0.25) is 14.4 Å². The monoisotopic (exact) mass is 393 g/mol. The van der Waals surface area contributed by atoms with Crippen LogP contribution in [-0.2, 0) is 25.5 Å². The maximum atomic E-state index is 13.1. The summed E-state index contributed by atoms with van der Waals surface area (Å²) in [5, 5.41) is -0.0254. The van der Waals surface area contributed by atoms with Crippen LogP contribution in [0.15, 0.2) is 18.2 Å². The summed E-state index contributed by atoms with van der Waals surface area (Å²) in [6.45, 7) is 5.19. The molecule has 1 aliphatic carbocycles. The number of benzene rings is 1. The van der Waals surface area contributed by atoms with Gasteiger partial charge < -0.3 is 14.4 Å². The lowest BCUT2D eigenvalue weighted by atomic mass is 10.0. The molecule has 0 bridgehead atoms. The highest BCUT2D eigenvalue weighted by Gasteiger charge is 2.35. The van der Waals surface area contributed by atoms with E-state index in [1.807, 2.05) is 18.2 Å². The molecule has 2 unspecified atom stereocenters. The molecule has 0 saturated heterocycles. The van der Waals surface area contributed by atoms with E-state index in [2.05, 4.69) is 0 Å². The predicted molar refractivity (Wildman–Crippen MR) is 105 cm³/mol. The minimum absolute atomic E-state index is 0.0254. The second kappa shape index (κ2) is 9.78. The maximum Gasteiger partial charge on any atom is 0.325 e. The lowest BCUT2D eigenvalue weighted by Gasteiger charge is -2.31. The largest absolute Gasteiger partial charge is 0.496 e. The minimum Gasteiger partial charge on any atom is -0.496 e. The normalized spacial score (nSPS) is 16.4. The molecule has 2 atom stereocenters. The van der Waals surface area contributed by atoms with E-state index in [9.17, 15) is 14.4 Å². The molecule has 1 aliphatic rings. The van der Waals surface area contributed by atoms with E-state index >= 15 is 0 Å². The molecular formula is C20H27NO5S. The van der Waals surface area contributed by atoms with Crippen LogP contribution in [-0.4, -0.2) is 47.9 Å². The fourth-order valence-electron chi connectivity index (χ4n) is 3.40. The van der Waals surface area contributed by atoms with Crippen LogP contribution in [0.5, 0.6) is 5.75 Å². The van der Waals surface area contributed by atoms with Crippen LogP contribution >= 0.6 is 11.8 Å². The molecule has 27 heavy (non-hydrogen) atoms. The molecule has 1 aromatic carbocycles. The summed E-state index contributed by atoms with van der Waals surface area (Å²) >= 11 is 1.13. The maximum absolute atomic E-state index is 13.1. The average molecular weight is 394 g/mol. The number of nitrogens with zero attached hydrogens (tertiary/aromatic N) is 1. The standard InChI is InChI=1S/C20H27NO5S/c1-5-26-19(23)11-21(20(24)13(2)12-27-14(3)22)17-10-9-16-15(17)7-6-8-18(16)25-4/h6-8,13,17H,5,9-12H2,1-4H3. The van der Waals surface area contributed by atoms with Crippen molar-refractivity contribution in [3.63, 3.8) is 0 Å². The van der Waals surface area contributed by atoms with Crippen molar-refractivity contribution in [2.75, 3.05) is 26.0 Å². The van der Waals surface area contributed by atoms with Gasteiger partial charge in [-0.15, -0.1) is 0 Å². The average Bonchev–Trinajstić information content (AvgIpc) is 3.07. The Morgan fingerprint density at radius 2 is 2.07 bits per heavy atom. The molecule has 1 aromatic rings. The Morgan fingerprint density at radius 1 is 1.33 bits per heavy atom. The van der Waals surface area contributed by atoms with Crippen LogP contribution in [0.2, 0.25) is 0 Å². The summed E-state index contributed by atoms with van der Waals surface area (Å²) in [6.07, 6.45) is 1.51. The topological polar surface area (TPSA) is 72.9 Å². The molecular weight excluding hydrogens is 366 g/mol. The first-order valence-electron chi connectivity index (χ1n) is 9.14. The zero-order chi connectivity index (χ0) is 20.0. The summed E-state index contributed by atoms with van der Waals surface area (Å²) in [5.41, 5.74) is 2.09. The van der Waals surface area contributed by atoms with Crippen LogP contribution < -0.4 is 4.74 Å². The smallest absolute Gasteiger partial charge is 0.325 e. The van der Waals surface area contributed by atoms with Crippen molar-refractivity contribution >= 4 is 28.8 Å². The van der Waals surface area contributed by atoms with Gasteiger partial charge in [-0.2, -0.15) is 0 Å². The number of fused-ring (bicyclic) bond motifs is 1. The highest BCUT2D eigenvalue weighted by molar-refractivity contribution is 8.13. The zero-order valence-corrected chi connectivity index (χ0v) is 17.1. The highest BCUT2D eigenvalue weighted by Crippen LogP contribution is 2.40. The highest BCUT2D eigenvalue weighted by atomic mass is 32.2. The van der Waals surface area contributed by atoms with E-state index in [0.29, 0.717) is 5.75 Å². The molecule has 0 spiro atoms. The molecule has 148 valence electrons. The van der Waals surface area contributed by atoms with E-state index in [-0.39, 0.29) is 36.1 Å². The van der Waals surface area contributed by atoms with E-state index in [4.69, 9.17) is 9.47 Å². The predicted octanol–water partition coefficient (Wildman–Crippen LogP) is 2.99. The van der Waals surface area contributed by atoms with Gasteiger partial charge in [0.25, 0.3) is 0 Å². The lowest BCUT2D eigenvalue weighted by Crippen LogP contribution is -2.42. The molecule has 0 aliphatic heterocycles. The van der Waals surface area contributed by atoms with E-state index in [0.717, 1.165) is 41.5 Å². The molecule has 2 rings (SSSR count). The number of rotatable bonds is 8. The summed E-state index contributed by atoms with van der Waals surface area (Å²) in [6, 6.07) is 5.59. The Morgan fingerprint density at radius 3 is 2.70 bits per heavy atom. The van der Waals surface area contributed by atoms with Gasteiger partial charge in [0.1, 0.15) is 12.3 Å². The summed E-state index contributed by atoms with van der Waals surface area (Å²) in [5.74, 6) is 0.262. The molecule has 1 amide bonds. The van der Waals surface area contributed by atoms with Gasteiger partial charge >= 0.3 is 5.97 Å². The number of amides is 1. The number of ether oxygens (including phenoxy) is 2. The molecule has 0 saturated carbocycles. The van der Waals surface area contributed by atoms with Crippen LogP contribution in [0.25, 0.3) is 0 Å². The summed E-state index contributed by atoms with van der Waals surface area (Å²) in [4.78, 5) is 38.1. The number of carbonyl (C=O) groups excluding carboxylic acids is 3. The van der Waals surface area contributed by atoms with Crippen molar-refractivity contribution in [3.8, 4) is 5.75 Å². The number of hydrogen-bond acceptors (Lipinski definition) is 6. The van der Waals surface area contributed by atoms with E-state index < -0.39 is 5.97 Å². The Labute approximate surface area is 164 Å². The molecule has 7 heteroatoms. The van der Waals surface area contributed by atoms with E-state index in [1.54, 1.807) is 25.9 Å². The molecule has 0 fully saturated rings. The quantitative estimate of drug-likeness (QED) is 0.632. The van der Waals surface area contributed by atoms with Crippen molar-refractivity contribution in [1.29, 1.82) is 0 Å². The minimum atomic E-state index is -0.423. The number of carbonyl (C=O) groups is 3. The number of methoxy groups -OCH3 is 1. The number of hydrogen-bond donors (Lipinski definition) is 0. The van der Waals surface area contributed by atoms with Crippen molar-refractivity contribution < 1.29 is 23.9 Å². The van der Waals surface area contributed by atoms with Gasteiger partial charge in [0.2, 0.25) is 5.91 Å². The third kappa shape index (κ3) is 5.25. The Kier molecular flexibility index (Phi) is 7.71. The van der Waals surface area contributed by atoms with Gasteiger partial charge in [-0.05, 0) is 37.0 Å². The first kappa shape index (κ1) is 21.3. The third-order valence-electron chi connectivity index (χ3n) is 4.64. The molecule has 0 radical (unpaired) electrons. The van der Waals surface area contributed by atoms with Crippen LogP contribution in [0.1, 0.15) is 44.4 Å². The van der Waals surface area contributed by atoms with Crippen molar-refractivity contribution in [2.45, 2.75) is 39.7 Å². The van der Waals surface area contributed by atoms with Crippen LogP contribution in [0.3, 0.4) is 0 Å². The Balaban J connectivity index is 2.27. The second-order valence-electron chi connectivity index (χ2n) is 6.56. The van der Waals surface area contributed by atoms with Crippen molar-refractivity contribution in [1.82, 2.24) is 4.90 Å². The number of esters is 1. The Bertz CT molecular complexity index is 706.